The molecule has 2 nitrogen and oxygen atoms in total. The van der Waals surface area contributed by atoms with Gasteiger partial charge in [0.05, 0.1) is 5.92 Å². The molecule has 0 saturated carbocycles. The number of aldehydes is 2. The first-order valence-electron chi connectivity index (χ1n) is 7.95. The monoisotopic (exact) mass is 314 g/mol. The van der Waals surface area contributed by atoms with Crippen molar-refractivity contribution in [1.82, 2.24) is 0 Å². The van der Waals surface area contributed by atoms with Crippen molar-refractivity contribution in [2.24, 2.45) is 5.92 Å². The average Bonchev–Trinajstić information content (AvgIpc) is 2.67. The van der Waals surface area contributed by atoms with E-state index in [0.29, 0.717) is 19.0 Å². The molecular weight excluding hydrogens is 296 g/mol. The highest BCUT2D eigenvalue weighted by atomic mass is 16.1. The van der Waals surface area contributed by atoms with Gasteiger partial charge in [0.1, 0.15) is 12.6 Å². The molecule has 0 aliphatic carbocycles. The van der Waals surface area contributed by atoms with Gasteiger partial charge < -0.3 is 9.59 Å². The van der Waals surface area contributed by atoms with Gasteiger partial charge in [0, 0.05) is 0 Å². The summed E-state index contributed by atoms with van der Waals surface area (Å²) in [6, 6.07) is 26.6. The van der Waals surface area contributed by atoms with Crippen LogP contribution < -0.4 is 0 Å². The third-order valence-electron chi connectivity index (χ3n) is 4.05. The third-order valence-corrected chi connectivity index (χ3v) is 4.05. The first kappa shape index (κ1) is 15.9. The largest absolute Gasteiger partial charge is 0.303 e. The molecule has 3 aromatic carbocycles. The van der Waals surface area contributed by atoms with Crippen LogP contribution in [-0.4, -0.2) is 12.6 Å². The molecule has 0 atom stereocenters. The zero-order chi connectivity index (χ0) is 16.8. The minimum absolute atomic E-state index is 0.444. The molecular formula is C22H18O2. The molecule has 0 fully saturated rings. The molecule has 0 aliphatic heterocycles. The van der Waals surface area contributed by atoms with Crippen molar-refractivity contribution >= 4 is 12.6 Å². The number of carbonyl (C=O) groups excluding carboxylic acids is 2. The molecule has 0 spiro atoms. The Morgan fingerprint density at radius 3 is 1.83 bits per heavy atom. The molecule has 24 heavy (non-hydrogen) atoms. The van der Waals surface area contributed by atoms with Gasteiger partial charge in [-0.1, -0.05) is 72.8 Å². The van der Waals surface area contributed by atoms with Crippen LogP contribution in [0.4, 0.5) is 0 Å². The maximum atomic E-state index is 10.9. The molecule has 0 heterocycles. The molecule has 118 valence electrons. The number of hydrogen-bond acceptors (Lipinski definition) is 2. The van der Waals surface area contributed by atoms with E-state index in [1.807, 2.05) is 48.5 Å². The summed E-state index contributed by atoms with van der Waals surface area (Å²) in [6.45, 7) is 0. The molecule has 0 aliphatic rings. The summed E-state index contributed by atoms with van der Waals surface area (Å²) in [7, 11) is 0. The highest BCUT2D eigenvalue weighted by Gasteiger charge is 2.08. The van der Waals surface area contributed by atoms with Crippen molar-refractivity contribution in [2.45, 2.75) is 6.42 Å². The fourth-order valence-corrected chi connectivity index (χ4v) is 2.79. The predicted molar refractivity (Wildman–Crippen MR) is 96.6 cm³/mol. The Kier molecular flexibility index (Phi) is 4.97. The zero-order valence-corrected chi connectivity index (χ0v) is 13.3. The Labute approximate surface area is 141 Å². The number of benzene rings is 3. The lowest BCUT2D eigenvalue weighted by molar-refractivity contribution is -0.119. The van der Waals surface area contributed by atoms with Crippen molar-refractivity contribution in [2.75, 3.05) is 0 Å². The van der Waals surface area contributed by atoms with Crippen molar-refractivity contribution < 1.29 is 9.59 Å². The number of rotatable bonds is 6. The Morgan fingerprint density at radius 1 is 0.625 bits per heavy atom. The van der Waals surface area contributed by atoms with E-state index in [1.165, 1.54) is 5.56 Å². The van der Waals surface area contributed by atoms with Crippen LogP contribution in [0, 0.1) is 5.92 Å². The normalized spacial score (nSPS) is 10.5. The summed E-state index contributed by atoms with van der Waals surface area (Å²) in [5, 5.41) is 0. The van der Waals surface area contributed by atoms with Gasteiger partial charge in [-0.25, -0.2) is 0 Å². The van der Waals surface area contributed by atoms with Gasteiger partial charge in [-0.2, -0.15) is 0 Å². The summed E-state index contributed by atoms with van der Waals surface area (Å²) in [4.78, 5) is 21.7. The SMILES string of the molecule is O=CC(C=O)Cc1cccc(-c2cccc(-c3ccccc3)c2)c1. The second kappa shape index (κ2) is 7.51. The van der Waals surface area contributed by atoms with Gasteiger partial charge in [-0.15, -0.1) is 0 Å². The zero-order valence-electron chi connectivity index (χ0n) is 13.3. The molecule has 0 bridgehead atoms. The standard InChI is InChI=1S/C22H18O2/c23-15-18(16-24)12-17-6-4-9-20(13-17)22-11-5-10-21(14-22)19-7-2-1-3-8-19/h1-11,13-16,18H,12H2. The molecule has 0 saturated heterocycles. The van der Waals surface area contributed by atoms with Gasteiger partial charge in [-0.05, 0) is 40.3 Å². The first-order valence-corrected chi connectivity index (χ1v) is 7.95. The minimum atomic E-state index is -0.573. The number of hydrogen-bond donors (Lipinski definition) is 0. The molecule has 3 rings (SSSR count). The van der Waals surface area contributed by atoms with E-state index in [4.69, 9.17) is 0 Å². The third kappa shape index (κ3) is 3.66. The van der Waals surface area contributed by atoms with Crippen LogP contribution in [-0.2, 0) is 16.0 Å². The Balaban J connectivity index is 1.92. The van der Waals surface area contributed by atoms with E-state index >= 15 is 0 Å². The van der Waals surface area contributed by atoms with Crippen molar-refractivity contribution in [3.05, 3.63) is 84.4 Å². The van der Waals surface area contributed by atoms with Crippen LogP contribution in [0.3, 0.4) is 0 Å². The second-order valence-corrected chi connectivity index (χ2v) is 5.79. The van der Waals surface area contributed by atoms with Crippen LogP contribution in [0.25, 0.3) is 22.3 Å². The van der Waals surface area contributed by atoms with Crippen LogP contribution in [0.15, 0.2) is 78.9 Å². The van der Waals surface area contributed by atoms with Crippen molar-refractivity contribution in [3.8, 4) is 22.3 Å². The van der Waals surface area contributed by atoms with E-state index in [0.717, 1.165) is 22.3 Å². The van der Waals surface area contributed by atoms with E-state index in [1.54, 1.807) is 0 Å². The maximum Gasteiger partial charge on any atom is 0.130 e. The second-order valence-electron chi connectivity index (χ2n) is 5.79. The quantitative estimate of drug-likeness (QED) is 0.493. The maximum absolute atomic E-state index is 10.9. The Hall–Kier alpha value is -3.00. The van der Waals surface area contributed by atoms with Crippen LogP contribution >= 0.6 is 0 Å². The van der Waals surface area contributed by atoms with Gasteiger partial charge in [0.15, 0.2) is 0 Å². The van der Waals surface area contributed by atoms with Gasteiger partial charge in [0.25, 0.3) is 0 Å². The van der Waals surface area contributed by atoms with E-state index in [2.05, 4.69) is 30.3 Å². The molecule has 0 aromatic heterocycles. The molecule has 0 radical (unpaired) electrons. The smallest absolute Gasteiger partial charge is 0.130 e. The van der Waals surface area contributed by atoms with Gasteiger partial charge >= 0.3 is 0 Å². The highest BCUT2D eigenvalue weighted by Crippen LogP contribution is 2.27. The molecule has 2 heteroatoms. The lowest BCUT2D eigenvalue weighted by Gasteiger charge is -2.09. The fraction of sp³-hybridized carbons (Fsp3) is 0.0909. The van der Waals surface area contributed by atoms with Crippen molar-refractivity contribution in [1.29, 1.82) is 0 Å². The fourth-order valence-electron chi connectivity index (χ4n) is 2.79. The van der Waals surface area contributed by atoms with E-state index in [-0.39, 0.29) is 0 Å². The molecule has 0 unspecified atom stereocenters. The van der Waals surface area contributed by atoms with Gasteiger partial charge in [0.2, 0.25) is 0 Å². The number of carbonyl (C=O) groups is 2. The van der Waals surface area contributed by atoms with Crippen LogP contribution in [0.1, 0.15) is 5.56 Å². The van der Waals surface area contributed by atoms with Crippen LogP contribution in [0.5, 0.6) is 0 Å². The highest BCUT2D eigenvalue weighted by molar-refractivity contribution is 5.78. The topological polar surface area (TPSA) is 34.1 Å². The molecule has 0 N–H and O–H groups in total. The summed E-state index contributed by atoms with van der Waals surface area (Å²) in [6.07, 6.45) is 1.85. The summed E-state index contributed by atoms with van der Waals surface area (Å²) < 4.78 is 0. The Morgan fingerprint density at radius 2 is 1.17 bits per heavy atom. The minimum Gasteiger partial charge on any atom is -0.303 e. The lowest BCUT2D eigenvalue weighted by Crippen LogP contribution is -2.07. The Bertz CT molecular complexity index is 829. The van der Waals surface area contributed by atoms with Crippen LogP contribution in [0.2, 0.25) is 0 Å². The predicted octanol–water partition coefficient (Wildman–Crippen LogP) is 4.58. The first-order chi connectivity index (χ1) is 11.8. The van der Waals surface area contributed by atoms with E-state index in [9.17, 15) is 9.59 Å². The van der Waals surface area contributed by atoms with Crippen molar-refractivity contribution in [3.63, 3.8) is 0 Å². The molecule has 3 aromatic rings. The van der Waals surface area contributed by atoms with E-state index < -0.39 is 5.92 Å². The summed E-state index contributed by atoms with van der Waals surface area (Å²) >= 11 is 0. The summed E-state index contributed by atoms with van der Waals surface area (Å²) in [5.41, 5.74) is 5.53. The lowest BCUT2D eigenvalue weighted by atomic mass is 9.95. The summed E-state index contributed by atoms with van der Waals surface area (Å²) in [5.74, 6) is -0.573. The van der Waals surface area contributed by atoms with Gasteiger partial charge in [-0.3, -0.25) is 0 Å². The average molecular weight is 314 g/mol. The molecule has 0 amide bonds.